The maximum Gasteiger partial charge on any atom is 0.161 e. The molecule has 1 atom stereocenters. The fourth-order valence-corrected chi connectivity index (χ4v) is 6.66. The average molecular weight is 550 g/mol. The van der Waals surface area contributed by atoms with Gasteiger partial charge in [0.05, 0.1) is 16.8 Å². The number of nitrogens with zero attached hydrogens (tertiary/aromatic N) is 3. The Morgan fingerprint density at radius 1 is 0.442 bits per heavy atom. The lowest BCUT2D eigenvalue weighted by Crippen LogP contribution is -2.28. The van der Waals surface area contributed by atoms with E-state index in [4.69, 9.17) is 9.97 Å². The summed E-state index contributed by atoms with van der Waals surface area (Å²) in [5.74, 6) is 0.710. The minimum atomic E-state index is -0.531. The fourth-order valence-electron chi connectivity index (χ4n) is 6.66. The first-order chi connectivity index (χ1) is 21.3. The van der Waals surface area contributed by atoms with Crippen LogP contribution in [0.2, 0.25) is 0 Å². The van der Waals surface area contributed by atoms with Crippen LogP contribution in [0.4, 0.5) is 0 Å². The van der Waals surface area contributed by atoms with Gasteiger partial charge in [0.1, 0.15) is 0 Å². The number of fused-ring (bicyclic) bond motifs is 3. The Morgan fingerprint density at radius 3 is 1.65 bits per heavy atom. The van der Waals surface area contributed by atoms with Gasteiger partial charge < -0.3 is 0 Å². The molecule has 1 aliphatic rings. The van der Waals surface area contributed by atoms with Gasteiger partial charge in [0.15, 0.2) is 5.82 Å². The molecule has 1 unspecified atom stereocenters. The predicted molar refractivity (Wildman–Crippen MR) is 173 cm³/mol. The van der Waals surface area contributed by atoms with Gasteiger partial charge in [-0.15, -0.1) is 0 Å². The molecule has 43 heavy (non-hydrogen) atoms. The summed E-state index contributed by atoms with van der Waals surface area (Å²) in [6, 6.07) is 53.1. The van der Waals surface area contributed by atoms with Crippen molar-refractivity contribution in [1.82, 2.24) is 15.0 Å². The molecule has 0 radical (unpaired) electrons. The van der Waals surface area contributed by atoms with E-state index in [1.807, 2.05) is 30.6 Å². The third-order valence-corrected chi connectivity index (χ3v) is 8.48. The number of benzene rings is 5. The summed E-state index contributed by atoms with van der Waals surface area (Å²) >= 11 is 0. The fraction of sp³-hybridized carbons (Fsp3) is 0.0250. The molecule has 0 amide bonds. The maximum absolute atomic E-state index is 5.22. The van der Waals surface area contributed by atoms with Crippen molar-refractivity contribution in [2.75, 3.05) is 0 Å². The normalized spacial score (nSPS) is 15.1. The Morgan fingerprint density at radius 2 is 1.00 bits per heavy atom. The second-order valence-corrected chi connectivity index (χ2v) is 10.8. The minimum absolute atomic E-state index is 0.531. The molecular weight excluding hydrogens is 522 g/mol. The van der Waals surface area contributed by atoms with Gasteiger partial charge in [-0.05, 0) is 45.5 Å². The van der Waals surface area contributed by atoms with Crippen LogP contribution in [0, 0.1) is 0 Å². The van der Waals surface area contributed by atoms with Gasteiger partial charge >= 0.3 is 0 Å². The highest BCUT2D eigenvalue weighted by Crippen LogP contribution is 2.57. The molecule has 7 aromatic rings. The number of aromatic nitrogens is 3. The summed E-state index contributed by atoms with van der Waals surface area (Å²) in [5.41, 5.74) is 11.5. The van der Waals surface area contributed by atoms with E-state index in [2.05, 4.69) is 138 Å². The molecule has 3 nitrogen and oxygen atoms in total. The van der Waals surface area contributed by atoms with Crippen LogP contribution in [0.5, 0.6) is 0 Å². The summed E-state index contributed by atoms with van der Waals surface area (Å²) in [6.45, 7) is 0. The summed E-state index contributed by atoms with van der Waals surface area (Å²) in [7, 11) is 0. The third-order valence-electron chi connectivity index (χ3n) is 8.48. The van der Waals surface area contributed by atoms with Crippen molar-refractivity contribution in [2.24, 2.45) is 0 Å². The molecule has 1 aliphatic carbocycles. The van der Waals surface area contributed by atoms with E-state index in [1.54, 1.807) is 0 Å². The predicted octanol–water partition coefficient (Wildman–Crippen LogP) is 9.24. The molecule has 0 spiro atoms. The molecule has 0 saturated heterocycles. The third kappa shape index (κ3) is 4.01. The van der Waals surface area contributed by atoms with Gasteiger partial charge in [0.2, 0.25) is 0 Å². The highest BCUT2D eigenvalue weighted by Gasteiger charge is 2.47. The molecule has 2 aromatic heterocycles. The van der Waals surface area contributed by atoms with Crippen LogP contribution in [0.25, 0.3) is 45.0 Å². The highest BCUT2D eigenvalue weighted by molar-refractivity contribution is 5.94. The molecule has 0 aliphatic heterocycles. The van der Waals surface area contributed by atoms with E-state index < -0.39 is 5.41 Å². The van der Waals surface area contributed by atoms with E-state index in [9.17, 15) is 0 Å². The molecule has 3 heteroatoms. The van der Waals surface area contributed by atoms with Gasteiger partial charge in [-0.25, -0.2) is 9.97 Å². The number of hydrogen-bond acceptors (Lipinski definition) is 3. The first-order valence-corrected chi connectivity index (χ1v) is 14.5. The van der Waals surface area contributed by atoms with Crippen molar-refractivity contribution in [3.63, 3.8) is 0 Å². The van der Waals surface area contributed by atoms with E-state index >= 15 is 0 Å². The van der Waals surface area contributed by atoms with E-state index in [1.165, 1.54) is 22.3 Å². The van der Waals surface area contributed by atoms with E-state index in [0.29, 0.717) is 5.82 Å². The molecule has 0 saturated carbocycles. The average Bonchev–Trinajstić information content (AvgIpc) is 3.41. The summed E-state index contributed by atoms with van der Waals surface area (Å²) in [4.78, 5) is 15.0. The first-order valence-electron chi connectivity index (χ1n) is 14.5. The Labute approximate surface area is 251 Å². The topological polar surface area (TPSA) is 38.7 Å². The van der Waals surface area contributed by atoms with Crippen LogP contribution in [0.3, 0.4) is 0 Å². The molecular formula is C40H27N3. The maximum atomic E-state index is 5.22. The summed E-state index contributed by atoms with van der Waals surface area (Å²) in [5, 5.41) is 0. The van der Waals surface area contributed by atoms with Crippen molar-refractivity contribution in [1.29, 1.82) is 0 Å². The second-order valence-electron chi connectivity index (χ2n) is 10.8. The van der Waals surface area contributed by atoms with Crippen molar-refractivity contribution in [2.45, 2.75) is 5.41 Å². The van der Waals surface area contributed by atoms with Crippen LogP contribution in [0.1, 0.15) is 22.3 Å². The largest absolute Gasteiger partial charge is 0.264 e. The number of pyridine rings is 1. The standard InChI is InChI=1S/C40H27N3/c1-4-14-28(15-5-1)36-26-37(29-16-6-2-7-17-29)43-39(42-36)33-22-12-24-35-38(33)32-21-10-11-23-34(32)40(35,30-18-8-3-9-19-30)31-20-13-25-41-27-31/h1-27H. The van der Waals surface area contributed by atoms with Crippen LogP contribution < -0.4 is 0 Å². The number of hydrogen-bond donors (Lipinski definition) is 0. The SMILES string of the molecule is c1ccc(-c2cc(-c3ccccc3)nc(-c3cccc4c3-c3ccccc3C4(c3ccccc3)c3cccnc3)n2)cc1. The lowest BCUT2D eigenvalue weighted by atomic mass is 9.68. The summed E-state index contributed by atoms with van der Waals surface area (Å²) in [6.07, 6.45) is 3.85. The lowest BCUT2D eigenvalue weighted by molar-refractivity contribution is 0.763. The van der Waals surface area contributed by atoms with Gasteiger partial charge in [-0.1, -0.05) is 140 Å². The minimum Gasteiger partial charge on any atom is -0.264 e. The lowest BCUT2D eigenvalue weighted by Gasteiger charge is -2.33. The van der Waals surface area contributed by atoms with Crippen molar-refractivity contribution < 1.29 is 0 Å². The second kappa shape index (κ2) is 10.3. The van der Waals surface area contributed by atoms with E-state index in [0.717, 1.165) is 39.2 Å². The van der Waals surface area contributed by atoms with Crippen molar-refractivity contribution >= 4 is 0 Å². The Hall–Kier alpha value is -5.67. The zero-order valence-corrected chi connectivity index (χ0v) is 23.4. The van der Waals surface area contributed by atoms with Crippen LogP contribution in [-0.2, 0) is 5.41 Å². The Bertz CT molecular complexity index is 1960. The van der Waals surface area contributed by atoms with Gasteiger partial charge in [-0.3, -0.25) is 4.98 Å². The Kier molecular flexibility index (Phi) is 6.01. The zero-order chi connectivity index (χ0) is 28.6. The highest BCUT2D eigenvalue weighted by atomic mass is 14.9. The molecule has 8 rings (SSSR count). The van der Waals surface area contributed by atoms with Crippen molar-refractivity contribution in [3.05, 3.63) is 186 Å². The van der Waals surface area contributed by atoms with Gasteiger partial charge in [0, 0.05) is 29.1 Å². The molecule has 0 N–H and O–H groups in total. The molecule has 5 aromatic carbocycles. The van der Waals surface area contributed by atoms with E-state index in [-0.39, 0.29) is 0 Å². The van der Waals surface area contributed by atoms with Crippen LogP contribution in [-0.4, -0.2) is 15.0 Å². The zero-order valence-electron chi connectivity index (χ0n) is 23.4. The molecule has 0 fully saturated rings. The quantitative estimate of drug-likeness (QED) is 0.215. The monoisotopic (exact) mass is 549 g/mol. The van der Waals surface area contributed by atoms with Crippen LogP contribution >= 0.6 is 0 Å². The molecule has 202 valence electrons. The van der Waals surface area contributed by atoms with Crippen molar-refractivity contribution in [3.8, 4) is 45.0 Å². The van der Waals surface area contributed by atoms with Gasteiger partial charge in [-0.2, -0.15) is 0 Å². The smallest absolute Gasteiger partial charge is 0.161 e. The summed E-state index contributed by atoms with van der Waals surface area (Å²) < 4.78 is 0. The Balaban J connectivity index is 1.45. The molecule has 0 bridgehead atoms. The van der Waals surface area contributed by atoms with Gasteiger partial charge in [0.25, 0.3) is 0 Å². The van der Waals surface area contributed by atoms with Crippen LogP contribution in [0.15, 0.2) is 164 Å². The first kappa shape index (κ1) is 25.1. The molecule has 2 heterocycles. The number of rotatable bonds is 5.